The number of urea groups is 1. The van der Waals surface area contributed by atoms with Crippen LogP contribution in [0.5, 0.6) is 0 Å². The molecule has 0 fully saturated rings. The first kappa shape index (κ1) is 11.3. The highest BCUT2D eigenvalue weighted by Gasteiger charge is 2.06. The molecule has 0 radical (unpaired) electrons. The third-order valence-corrected chi connectivity index (χ3v) is 2.26. The molecule has 5 N–H and O–H groups in total. The summed E-state index contributed by atoms with van der Waals surface area (Å²) in [6, 6.07) is 6.34. The van der Waals surface area contributed by atoms with Crippen molar-refractivity contribution in [2.24, 2.45) is 0 Å². The number of carbonyl (C=O) groups is 1. The van der Waals surface area contributed by atoms with Crippen LogP contribution in [0, 0.1) is 0 Å². The number of halogens is 1. The molecule has 7 heteroatoms. The number of amides is 2. The largest absolute Gasteiger partial charge is 0.394 e. The highest BCUT2D eigenvalue weighted by Crippen LogP contribution is 2.15. The molecule has 1 aromatic carbocycles. The Kier molecular flexibility index (Phi) is 3.15. The summed E-state index contributed by atoms with van der Waals surface area (Å²) in [5.41, 5.74) is 6.55. The van der Waals surface area contributed by atoms with E-state index < -0.39 is 6.03 Å². The summed E-state index contributed by atoms with van der Waals surface area (Å²) in [6.07, 6.45) is 1.41. The number of aromatic amines is 1. The minimum atomic E-state index is -0.414. The van der Waals surface area contributed by atoms with Crippen molar-refractivity contribution in [3.63, 3.8) is 0 Å². The second-order valence-electron chi connectivity index (χ2n) is 3.29. The maximum absolute atomic E-state index is 11.6. The standard InChI is InChI=1S/C10H10ClN5O/c11-6-1-3-7(4-2-6)14-10(17)15-9-8(12)5-13-16-9/h1-5H,12H2,(H3,13,14,15,16,17). The normalized spacial score (nSPS) is 9.94. The lowest BCUT2D eigenvalue weighted by Gasteiger charge is -2.06. The average molecular weight is 252 g/mol. The second kappa shape index (κ2) is 4.75. The van der Waals surface area contributed by atoms with E-state index in [9.17, 15) is 4.79 Å². The number of nitrogens with zero attached hydrogens (tertiary/aromatic N) is 1. The number of H-pyrrole nitrogens is 1. The minimum absolute atomic E-state index is 0.358. The summed E-state index contributed by atoms with van der Waals surface area (Å²) in [6.45, 7) is 0. The van der Waals surface area contributed by atoms with Crippen LogP contribution in [-0.2, 0) is 0 Å². The lowest BCUT2D eigenvalue weighted by molar-refractivity contribution is 0.262. The summed E-state index contributed by atoms with van der Waals surface area (Å²) < 4.78 is 0. The summed E-state index contributed by atoms with van der Waals surface area (Å²) in [5, 5.41) is 12.0. The van der Waals surface area contributed by atoms with E-state index in [1.165, 1.54) is 6.20 Å². The zero-order valence-corrected chi connectivity index (χ0v) is 9.45. The van der Waals surface area contributed by atoms with Gasteiger partial charge in [-0.15, -0.1) is 0 Å². The van der Waals surface area contributed by atoms with Crippen LogP contribution in [0.3, 0.4) is 0 Å². The molecule has 6 nitrogen and oxygen atoms in total. The summed E-state index contributed by atoms with van der Waals surface area (Å²) in [4.78, 5) is 11.6. The predicted octanol–water partition coefficient (Wildman–Crippen LogP) is 2.29. The number of anilines is 3. The van der Waals surface area contributed by atoms with E-state index in [-0.39, 0.29) is 0 Å². The number of nitrogens with one attached hydrogen (secondary N) is 3. The van der Waals surface area contributed by atoms with Crippen molar-refractivity contribution in [1.29, 1.82) is 0 Å². The molecule has 1 heterocycles. The van der Waals surface area contributed by atoms with Gasteiger partial charge in [0.15, 0.2) is 5.82 Å². The SMILES string of the molecule is Nc1cn[nH]c1NC(=O)Nc1ccc(Cl)cc1. The summed E-state index contributed by atoms with van der Waals surface area (Å²) in [7, 11) is 0. The zero-order valence-electron chi connectivity index (χ0n) is 8.70. The Morgan fingerprint density at radius 3 is 2.59 bits per heavy atom. The third-order valence-electron chi connectivity index (χ3n) is 2.01. The molecule has 17 heavy (non-hydrogen) atoms. The van der Waals surface area contributed by atoms with Crippen molar-refractivity contribution in [2.45, 2.75) is 0 Å². The lowest BCUT2D eigenvalue weighted by atomic mass is 10.3. The molecule has 0 aliphatic carbocycles. The Balaban J connectivity index is 1.98. The smallest absolute Gasteiger partial charge is 0.324 e. The predicted molar refractivity (Wildman–Crippen MR) is 67.1 cm³/mol. The fraction of sp³-hybridized carbons (Fsp3) is 0. The van der Waals surface area contributed by atoms with Crippen LogP contribution in [0.1, 0.15) is 0 Å². The number of nitrogens with two attached hydrogens (primary N) is 1. The van der Waals surface area contributed by atoms with Gasteiger partial charge in [-0.1, -0.05) is 11.6 Å². The number of carbonyl (C=O) groups excluding carboxylic acids is 1. The van der Waals surface area contributed by atoms with Gasteiger partial charge in [0.1, 0.15) is 0 Å². The highest BCUT2D eigenvalue weighted by molar-refractivity contribution is 6.30. The van der Waals surface area contributed by atoms with Crippen molar-refractivity contribution < 1.29 is 4.79 Å². The number of hydrogen-bond acceptors (Lipinski definition) is 3. The Labute approximate surface area is 102 Å². The molecule has 2 amide bonds. The van der Waals surface area contributed by atoms with Crippen LogP contribution in [0.4, 0.5) is 22.0 Å². The molecular formula is C10H10ClN5O. The molecule has 0 saturated heterocycles. The molecular weight excluding hydrogens is 242 g/mol. The molecule has 0 aliphatic heterocycles. The highest BCUT2D eigenvalue weighted by atomic mass is 35.5. The first-order valence-electron chi connectivity index (χ1n) is 4.77. The molecule has 1 aromatic heterocycles. The maximum atomic E-state index is 11.6. The van der Waals surface area contributed by atoms with E-state index in [4.69, 9.17) is 17.3 Å². The van der Waals surface area contributed by atoms with Crippen molar-refractivity contribution in [3.8, 4) is 0 Å². The first-order chi connectivity index (χ1) is 8.15. The van der Waals surface area contributed by atoms with E-state index in [0.717, 1.165) is 0 Å². The second-order valence-corrected chi connectivity index (χ2v) is 3.72. The number of nitrogen functional groups attached to an aromatic ring is 1. The van der Waals surface area contributed by atoms with E-state index in [2.05, 4.69) is 20.8 Å². The van der Waals surface area contributed by atoms with Gasteiger partial charge in [-0.25, -0.2) is 4.79 Å². The van der Waals surface area contributed by atoms with Crippen LogP contribution in [0.2, 0.25) is 5.02 Å². The third kappa shape index (κ3) is 2.88. The Hall–Kier alpha value is -2.21. The van der Waals surface area contributed by atoms with Gasteiger partial charge in [0, 0.05) is 10.7 Å². The molecule has 0 aliphatic rings. The summed E-state index contributed by atoms with van der Waals surface area (Å²) in [5.74, 6) is 0.358. The molecule has 2 aromatic rings. The van der Waals surface area contributed by atoms with Crippen molar-refractivity contribution in [3.05, 3.63) is 35.5 Å². The van der Waals surface area contributed by atoms with E-state index in [0.29, 0.717) is 22.2 Å². The number of rotatable bonds is 2. The Morgan fingerprint density at radius 1 is 1.29 bits per heavy atom. The van der Waals surface area contributed by atoms with Gasteiger partial charge >= 0.3 is 6.03 Å². The Bertz CT molecular complexity index is 522. The molecule has 2 rings (SSSR count). The topological polar surface area (TPSA) is 95.8 Å². The van der Waals surface area contributed by atoms with Gasteiger partial charge in [0.2, 0.25) is 0 Å². The Morgan fingerprint density at radius 2 is 2.00 bits per heavy atom. The number of aromatic nitrogens is 2. The average Bonchev–Trinajstić information content (AvgIpc) is 2.68. The number of hydrogen-bond donors (Lipinski definition) is 4. The van der Waals surface area contributed by atoms with Gasteiger partial charge in [-0.05, 0) is 24.3 Å². The fourth-order valence-electron chi connectivity index (χ4n) is 1.20. The van der Waals surface area contributed by atoms with Gasteiger partial charge in [-0.2, -0.15) is 5.10 Å². The van der Waals surface area contributed by atoms with Crippen LogP contribution < -0.4 is 16.4 Å². The van der Waals surface area contributed by atoms with E-state index in [1.54, 1.807) is 24.3 Å². The zero-order chi connectivity index (χ0) is 12.3. The lowest BCUT2D eigenvalue weighted by Crippen LogP contribution is -2.20. The molecule has 0 atom stereocenters. The molecule has 88 valence electrons. The maximum Gasteiger partial charge on any atom is 0.324 e. The molecule has 0 saturated carbocycles. The summed E-state index contributed by atoms with van der Waals surface area (Å²) >= 11 is 5.73. The molecule has 0 bridgehead atoms. The number of benzene rings is 1. The van der Waals surface area contributed by atoms with Crippen molar-refractivity contribution >= 4 is 34.8 Å². The van der Waals surface area contributed by atoms with Gasteiger partial charge in [0.05, 0.1) is 11.9 Å². The minimum Gasteiger partial charge on any atom is -0.394 e. The van der Waals surface area contributed by atoms with E-state index >= 15 is 0 Å². The van der Waals surface area contributed by atoms with Crippen LogP contribution in [0.15, 0.2) is 30.5 Å². The van der Waals surface area contributed by atoms with E-state index in [1.807, 2.05) is 0 Å². The van der Waals surface area contributed by atoms with Crippen molar-refractivity contribution in [2.75, 3.05) is 16.4 Å². The first-order valence-corrected chi connectivity index (χ1v) is 5.15. The quantitative estimate of drug-likeness (QED) is 0.659. The van der Waals surface area contributed by atoms with Crippen LogP contribution in [0.25, 0.3) is 0 Å². The van der Waals surface area contributed by atoms with Gasteiger partial charge in [0.25, 0.3) is 0 Å². The van der Waals surface area contributed by atoms with Crippen LogP contribution >= 0.6 is 11.6 Å². The van der Waals surface area contributed by atoms with Gasteiger partial charge in [-0.3, -0.25) is 10.4 Å². The molecule has 0 spiro atoms. The van der Waals surface area contributed by atoms with Crippen molar-refractivity contribution in [1.82, 2.24) is 10.2 Å². The fourth-order valence-corrected chi connectivity index (χ4v) is 1.33. The van der Waals surface area contributed by atoms with Gasteiger partial charge < -0.3 is 11.1 Å². The monoisotopic (exact) mass is 251 g/mol. The van der Waals surface area contributed by atoms with Crippen LogP contribution in [-0.4, -0.2) is 16.2 Å². The molecule has 0 unspecified atom stereocenters.